The van der Waals surface area contributed by atoms with Crippen LogP contribution in [0.4, 0.5) is 0 Å². The summed E-state index contributed by atoms with van der Waals surface area (Å²) in [7, 11) is 0. The van der Waals surface area contributed by atoms with Crippen molar-refractivity contribution in [2.24, 2.45) is 0 Å². The van der Waals surface area contributed by atoms with Crippen LogP contribution in [0.2, 0.25) is 10.0 Å². The highest BCUT2D eigenvalue weighted by atomic mass is 79.9. The summed E-state index contributed by atoms with van der Waals surface area (Å²) in [5, 5.41) is 5.03. The van der Waals surface area contributed by atoms with Crippen LogP contribution in [-0.4, -0.2) is 6.54 Å². The van der Waals surface area contributed by atoms with Crippen molar-refractivity contribution in [2.45, 2.75) is 19.4 Å². The fraction of sp³-hybridized carbons (Fsp3) is 0.250. The zero-order chi connectivity index (χ0) is 14.5. The Hall–Kier alpha value is -0.540. The number of hydrogen-bond donors (Lipinski definition) is 1. The molecular formula is C16H16BrCl2N. The average molecular weight is 373 g/mol. The van der Waals surface area contributed by atoms with E-state index in [1.807, 2.05) is 18.2 Å². The molecular weight excluding hydrogens is 357 g/mol. The Labute approximate surface area is 138 Å². The largest absolute Gasteiger partial charge is 0.306 e. The molecule has 20 heavy (non-hydrogen) atoms. The van der Waals surface area contributed by atoms with Crippen molar-refractivity contribution in [3.05, 3.63) is 68.1 Å². The topological polar surface area (TPSA) is 12.0 Å². The Kier molecular flexibility index (Phi) is 5.91. The van der Waals surface area contributed by atoms with Gasteiger partial charge in [0.25, 0.3) is 0 Å². The van der Waals surface area contributed by atoms with Gasteiger partial charge in [-0.3, -0.25) is 0 Å². The number of halogens is 3. The maximum atomic E-state index is 6.07. The summed E-state index contributed by atoms with van der Waals surface area (Å²) >= 11 is 15.5. The molecule has 0 aliphatic heterocycles. The van der Waals surface area contributed by atoms with Crippen LogP contribution in [0.15, 0.2) is 46.9 Å². The van der Waals surface area contributed by atoms with E-state index in [4.69, 9.17) is 23.2 Å². The third-order valence-electron chi connectivity index (χ3n) is 3.08. The molecule has 1 atom stereocenters. The van der Waals surface area contributed by atoms with Gasteiger partial charge in [0.2, 0.25) is 0 Å². The second kappa shape index (κ2) is 7.46. The molecule has 2 rings (SSSR count). The SMILES string of the molecule is CCCNC(c1ccc(Cl)cc1)c1ccc(Cl)c(Br)c1. The minimum Gasteiger partial charge on any atom is -0.306 e. The van der Waals surface area contributed by atoms with Crippen molar-refractivity contribution in [1.82, 2.24) is 5.32 Å². The highest BCUT2D eigenvalue weighted by molar-refractivity contribution is 9.10. The molecule has 1 nitrogen and oxygen atoms in total. The van der Waals surface area contributed by atoms with E-state index in [1.165, 1.54) is 11.1 Å². The van der Waals surface area contributed by atoms with E-state index in [-0.39, 0.29) is 6.04 Å². The van der Waals surface area contributed by atoms with Crippen molar-refractivity contribution < 1.29 is 0 Å². The molecule has 1 unspecified atom stereocenters. The molecule has 1 N–H and O–H groups in total. The second-order valence-electron chi connectivity index (χ2n) is 4.61. The lowest BCUT2D eigenvalue weighted by Gasteiger charge is -2.20. The first kappa shape index (κ1) is 15.8. The van der Waals surface area contributed by atoms with Crippen molar-refractivity contribution in [2.75, 3.05) is 6.54 Å². The molecule has 0 bridgehead atoms. The van der Waals surface area contributed by atoms with Crippen molar-refractivity contribution >= 4 is 39.1 Å². The summed E-state index contributed by atoms with van der Waals surface area (Å²) in [6, 6.07) is 14.1. The van der Waals surface area contributed by atoms with Crippen LogP contribution < -0.4 is 5.32 Å². The van der Waals surface area contributed by atoms with Gasteiger partial charge in [-0.05, 0) is 64.3 Å². The molecule has 0 heterocycles. The number of rotatable bonds is 5. The smallest absolute Gasteiger partial charge is 0.0577 e. The summed E-state index contributed by atoms with van der Waals surface area (Å²) in [6.45, 7) is 3.11. The van der Waals surface area contributed by atoms with Crippen LogP contribution in [0, 0.1) is 0 Å². The standard InChI is InChI=1S/C16H16BrCl2N/c1-2-9-20-16(11-3-6-13(18)7-4-11)12-5-8-15(19)14(17)10-12/h3-8,10,16,20H,2,9H2,1H3. The van der Waals surface area contributed by atoms with Gasteiger partial charge in [-0.1, -0.05) is 48.3 Å². The third-order valence-corrected chi connectivity index (χ3v) is 4.54. The Morgan fingerprint density at radius 1 is 1.05 bits per heavy atom. The van der Waals surface area contributed by atoms with Crippen molar-refractivity contribution in [3.63, 3.8) is 0 Å². The van der Waals surface area contributed by atoms with Gasteiger partial charge < -0.3 is 5.32 Å². The van der Waals surface area contributed by atoms with E-state index >= 15 is 0 Å². The third kappa shape index (κ3) is 3.98. The predicted octanol–water partition coefficient (Wildman–Crippen LogP) is 5.84. The molecule has 0 saturated heterocycles. The molecule has 2 aromatic carbocycles. The molecule has 0 aliphatic carbocycles. The van der Waals surface area contributed by atoms with Crippen LogP contribution in [-0.2, 0) is 0 Å². The first-order chi connectivity index (χ1) is 9.61. The van der Waals surface area contributed by atoms with Gasteiger partial charge in [0, 0.05) is 9.50 Å². The van der Waals surface area contributed by atoms with E-state index in [0.717, 1.165) is 27.5 Å². The molecule has 0 spiro atoms. The fourth-order valence-corrected chi connectivity index (χ4v) is 2.70. The summed E-state index contributed by atoms with van der Waals surface area (Å²) in [4.78, 5) is 0. The fourth-order valence-electron chi connectivity index (χ4n) is 2.06. The molecule has 2 aromatic rings. The lowest BCUT2D eigenvalue weighted by atomic mass is 9.98. The van der Waals surface area contributed by atoms with Crippen molar-refractivity contribution in [1.29, 1.82) is 0 Å². The molecule has 0 amide bonds. The summed E-state index contributed by atoms with van der Waals surface area (Å²) in [5.41, 5.74) is 2.37. The van der Waals surface area contributed by atoms with E-state index in [0.29, 0.717) is 0 Å². The molecule has 0 radical (unpaired) electrons. The lowest BCUT2D eigenvalue weighted by Crippen LogP contribution is -2.23. The average Bonchev–Trinajstić information content (AvgIpc) is 2.45. The van der Waals surface area contributed by atoms with E-state index < -0.39 is 0 Å². The molecule has 0 aliphatic rings. The zero-order valence-electron chi connectivity index (χ0n) is 11.2. The van der Waals surface area contributed by atoms with E-state index in [9.17, 15) is 0 Å². The second-order valence-corrected chi connectivity index (χ2v) is 6.31. The zero-order valence-corrected chi connectivity index (χ0v) is 14.3. The van der Waals surface area contributed by atoms with Crippen LogP contribution in [0.1, 0.15) is 30.5 Å². The predicted molar refractivity (Wildman–Crippen MR) is 90.7 cm³/mol. The van der Waals surface area contributed by atoms with Crippen LogP contribution in [0.5, 0.6) is 0 Å². The summed E-state index contributed by atoms with van der Waals surface area (Å²) < 4.78 is 0.911. The maximum absolute atomic E-state index is 6.07. The number of hydrogen-bond acceptors (Lipinski definition) is 1. The van der Waals surface area contributed by atoms with Gasteiger partial charge >= 0.3 is 0 Å². The van der Waals surface area contributed by atoms with Gasteiger partial charge in [0.1, 0.15) is 0 Å². The highest BCUT2D eigenvalue weighted by Gasteiger charge is 2.14. The molecule has 106 valence electrons. The van der Waals surface area contributed by atoms with E-state index in [2.05, 4.69) is 52.4 Å². The van der Waals surface area contributed by atoms with Crippen molar-refractivity contribution in [3.8, 4) is 0 Å². The summed E-state index contributed by atoms with van der Waals surface area (Å²) in [5.74, 6) is 0. The minimum absolute atomic E-state index is 0.140. The van der Waals surface area contributed by atoms with Gasteiger partial charge in [-0.25, -0.2) is 0 Å². The van der Waals surface area contributed by atoms with Crippen LogP contribution >= 0.6 is 39.1 Å². The van der Waals surface area contributed by atoms with E-state index in [1.54, 1.807) is 0 Å². The molecule has 0 fully saturated rings. The van der Waals surface area contributed by atoms with Gasteiger partial charge in [-0.2, -0.15) is 0 Å². The van der Waals surface area contributed by atoms with Gasteiger partial charge in [-0.15, -0.1) is 0 Å². The Balaban J connectivity index is 2.35. The first-order valence-electron chi connectivity index (χ1n) is 6.55. The van der Waals surface area contributed by atoms with Gasteiger partial charge in [0.15, 0.2) is 0 Å². The molecule has 4 heteroatoms. The summed E-state index contributed by atoms with van der Waals surface area (Å²) in [6.07, 6.45) is 1.08. The quantitative estimate of drug-likeness (QED) is 0.694. The highest BCUT2D eigenvalue weighted by Crippen LogP contribution is 2.29. The van der Waals surface area contributed by atoms with Crippen LogP contribution in [0.3, 0.4) is 0 Å². The van der Waals surface area contributed by atoms with Gasteiger partial charge in [0.05, 0.1) is 11.1 Å². The molecule has 0 saturated carbocycles. The monoisotopic (exact) mass is 371 g/mol. The minimum atomic E-state index is 0.140. The first-order valence-corrected chi connectivity index (χ1v) is 8.10. The molecule has 0 aromatic heterocycles. The Morgan fingerprint density at radius 2 is 1.70 bits per heavy atom. The Morgan fingerprint density at radius 3 is 2.30 bits per heavy atom. The number of nitrogens with one attached hydrogen (secondary N) is 1. The lowest BCUT2D eigenvalue weighted by molar-refractivity contribution is 0.598. The normalized spacial score (nSPS) is 12.4. The maximum Gasteiger partial charge on any atom is 0.0577 e. The Bertz CT molecular complexity index is 569. The number of benzene rings is 2. The van der Waals surface area contributed by atoms with Crippen LogP contribution in [0.25, 0.3) is 0 Å².